The number of carbonyl (C=O) groups excluding carboxylic acids is 1. The number of nitro groups is 1. The number of benzene rings is 2. The third-order valence-corrected chi connectivity index (χ3v) is 5.34. The largest absolute Gasteiger partial charge is 0.486 e. The Kier molecular flexibility index (Phi) is 6.41. The zero-order valence-electron chi connectivity index (χ0n) is 15.7. The molecule has 8 heteroatoms. The van der Waals surface area contributed by atoms with Crippen LogP contribution in [-0.4, -0.2) is 29.8 Å². The molecule has 2 aromatic rings. The SMILES string of the molecule is CC(C)[C@@H](NC(=O)CSc1ccc([N+](=O)[O-])cc1)c1ccc2c(c1)OCCO2. The molecule has 0 fully saturated rings. The number of ether oxygens (including phenoxy) is 2. The Balaban J connectivity index is 1.62. The molecular formula is C20H22N2O5S. The van der Waals surface area contributed by atoms with Crippen LogP contribution in [0.5, 0.6) is 11.5 Å². The predicted molar refractivity (Wildman–Crippen MR) is 107 cm³/mol. The fourth-order valence-corrected chi connectivity index (χ4v) is 3.63. The number of rotatable bonds is 7. The molecule has 1 aliphatic rings. The van der Waals surface area contributed by atoms with Gasteiger partial charge in [0.15, 0.2) is 11.5 Å². The van der Waals surface area contributed by atoms with E-state index < -0.39 is 4.92 Å². The summed E-state index contributed by atoms with van der Waals surface area (Å²) in [6.45, 7) is 5.15. The minimum atomic E-state index is -0.443. The molecule has 0 radical (unpaired) electrons. The number of nitro benzene ring substituents is 1. The lowest BCUT2D eigenvalue weighted by Gasteiger charge is -2.25. The van der Waals surface area contributed by atoms with Gasteiger partial charge in [-0.3, -0.25) is 14.9 Å². The third-order valence-electron chi connectivity index (χ3n) is 4.33. The van der Waals surface area contributed by atoms with Crippen LogP contribution in [0.2, 0.25) is 0 Å². The van der Waals surface area contributed by atoms with Crippen LogP contribution in [0.25, 0.3) is 0 Å². The van der Waals surface area contributed by atoms with Gasteiger partial charge in [-0.25, -0.2) is 0 Å². The van der Waals surface area contributed by atoms with Crippen molar-refractivity contribution < 1.29 is 19.2 Å². The van der Waals surface area contributed by atoms with Gasteiger partial charge in [-0.05, 0) is 35.7 Å². The highest BCUT2D eigenvalue weighted by molar-refractivity contribution is 8.00. The van der Waals surface area contributed by atoms with E-state index in [0.717, 1.165) is 16.2 Å². The molecule has 1 atom stereocenters. The van der Waals surface area contributed by atoms with Crippen LogP contribution >= 0.6 is 11.8 Å². The van der Waals surface area contributed by atoms with Gasteiger partial charge in [0.1, 0.15) is 13.2 Å². The van der Waals surface area contributed by atoms with Gasteiger partial charge < -0.3 is 14.8 Å². The van der Waals surface area contributed by atoms with Crippen LogP contribution in [-0.2, 0) is 4.79 Å². The fourth-order valence-electron chi connectivity index (χ4n) is 2.92. The van der Waals surface area contributed by atoms with E-state index in [1.807, 2.05) is 32.0 Å². The van der Waals surface area contributed by atoms with Gasteiger partial charge in [0.05, 0.1) is 16.7 Å². The number of nitrogens with zero attached hydrogens (tertiary/aromatic N) is 1. The fraction of sp³-hybridized carbons (Fsp3) is 0.350. The van der Waals surface area contributed by atoms with Crippen LogP contribution in [0.15, 0.2) is 47.4 Å². The second-order valence-corrected chi connectivity index (χ2v) is 7.78. The number of non-ortho nitro benzene ring substituents is 1. The summed E-state index contributed by atoms with van der Waals surface area (Å²) in [5, 5.41) is 13.8. The Morgan fingerprint density at radius 2 is 1.82 bits per heavy atom. The summed E-state index contributed by atoms with van der Waals surface area (Å²) in [6.07, 6.45) is 0. The molecule has 0 saturated carbocycles. The Labute approximate surface area is 167 Å². The maximum atomic E-state index is 12.5. The minimum absolute atomic E-state index is 0.0345. The zero-order valence-corrected chi connectivity index (χ0v) is 16.5. The lowest BCUT2D eigenvalue weighted by molar-refractivity contribution is -0.384. The van der Waals surface area contributed by atoms with Gasteiger partial charge in [-0.2, -0.15) is 0 Å². The van der Waals surface area contributed by atoms with Gasteiger partial charge in [-0.1, -0.05) is 19.9 Å². The van der Waals surface area contributed by atoms with E-state index in [-0.39, 0.29) is 29.3 Å². The molecule has 2 aromatic carbocycles. The monoisotopic (exact) mass is 402 g/mol. The Bertz CT molecular complexity index is 854. The van der Waals surface area contributed by atoms with Crippen molar-refractivity contribution in [3.8, 4) is 11.5 Å². The highest BCUT2D eigenvalue weighted by Gasteiger charge is 2.21. The summed E-state index contributed by atoms with van der Waals surface area (Å²) in [5.41, 5.74) is 1.00. The van der Waals surface area contributed by atoms with Crippen molar-refractivity contribution in [3.63, 3.8) is 0 Å². The average molecular weight is 402 g/mol. The smallest absolute Gasteiger partial charge is 0.269 e. The van der Waals surface area contributed by atoms with Gasteiger partial charge in [-0.15, -0.1) is 11.8 Å². The van der Waals surface area contributed by atoms with Crippen molar-refractivity contribution in [2.75, 3.05) is 19.0 Å². The van der Waals surface area contributed by atoms with E-state index in [9.17, 15) is 14.9 Å². The molecular weight excluding hydrogens is 380 g/mol. The topological polar surface area (TPSA) is 90.7 Å². The summed E-state index contributed by atoms with van der Waals surface area (Å²) in [7, 11) is 0. The second kappa shape index (κ2) is 8.97. The van der Waals surface area contributed by atoms with Crippen LogP contribution in [0.3, 0.4) is 0 Å². The van der Waals surface area contributed by atoms with Gasteiger partial charge in [0, 0.05) is 17.0 Å². The maximum absolute atomic E-state index is 12.5. The summed E-state index contributed by atoms with van der Waals surface area (Å²) in [5.74, 6) is 1.74. The van der Waals surface area contributed by atoms with Crippen LogP contribution in [0, 0.1) is 16.0 Å². The zero-order chi connectivity index (χ0) is 20.1. The molecule has 1 heterocycles. The quantitative estimate of drug-likeness (QED) is 0.428. The van der Waals surface area contributed by atoms with Crippen molar-refractivity contribution in [1.29, 1.82) is 0 Å². The van der Waals surface area contributed by atoms with E-state index in [4.69, 9.17) is 9.47 Å². The standard InChI is InChI=1S/C20H22N2O5S/c1-13(2)20(14-3-8-17-18(11-14)27-10-9-26-17)21-19(23)12-28-16-6-4-15(5-7-16)22(24)25/h3-8,11,13,20H,9-10,12H2,1-2H3,(H,21,23)/t20-/m1/s1. The van der Waals surface area contributed by atoms with Crippen LogP contribution < -0.4 is 14.8 Å². The second-order valence-electron chi connectivity index (χ2n) is 6.73. The Morgan fingerprint density at radius 1 is 1.14 bits per heavy atom. The van der Waals surface area contributed by atoms with E-state index in [2.05, 4.69) is 5.32 Å². The first-order valence-electron chi connectivity index (χ1n) is 9.00. The molecule has 1 amide bonds. The highest BCUT2D eigenvalue weighted by atomic mass is 32.2. The number of hydrogen-bond donors (Lipinski definition) is 1. The van der Waals surface area contributed by atoms with Gasteiger partial charge in [0.25, 0.3) is 5.69 Å². The van der Waals surface area contributed by atoms with Gasteiger partial charge >= 0.3 is 0 Å². The summed E-state index contributed by atoms with van der Waals surface area (Å²) < 4.78 is 11.2. The van der Waals surface area contributed by atoms with Crippen LogP contribution in [0.1, 0.15) is 25.5 Å². The normalized spacial score (nSPS) is 13.8. The molecule has 0 spiro atoms. The van der Waals surface area contributed by atoms with E-state index >= 15 is 0 Å². The lowest BCUT2D eigenvalue weighted by Crippen LogP contribution is -2.33. The molecule has 0 bridgehead atoms. The number of amides is 1. The van der Waals surface area contributed by atoms with Crippen LogP contribution in [0.4, 0.5) is 5.69 Å². The molecule has 0 unspecified atom stereocenters. The molecule has 7 nitrogen and oxygen atoms in total. The molecule has 0 saturated heterocycles. The third kappa shape index (κ3) is 4.95. The maximum Gasteiger partial charge on any atom is 0.269 e. The molecule has 28 heavy (non-hydrogen) atoms. The lowest BCUT2D eigenvalue weighted by atomic mass is 9.95. The molecule has 3 rings (SSSR count). The molecule has 148 valence electrons. The Hall–Kier alpha value is -2.74. The summed E-state index contributed by atoms with van der Waals surface area (Å²) in [4.78, 5) is 23.5. The molecule has 1 N–H and O–H groups in total. The number of thioether (sulfide) groups is 1. The number of nitrogens with one attached hydrogen (secondary N) is 1. The predicted octanol–water partition coefficient (Wildman–Crippen LogP) is 3.97. The van der Waals surface area contributed by atoms with Crippen molar-refractivity contribution in [2.24, 2.45) is 5.92 Å². The van der Waals surface area contributed by atoms with E-state index in [1.54, 1.807) is 12.1 Å². The first-order chi connectivity index (χ1) is 13.4. The Morgan fingerprint density at radius 3 is 2.46 bits per heavy atom. The van der Waals surface area contributed by atoms with E-state index in [1.165, 1.54) is 23.9 Å². The average Bonchev–Trinajstić information content (AvgIpc) is 2.70. The van der Waals surface area contributed by atoms with Crippen molar-refractivity contribution >= 4 is 23.4 Å². The van der Waals surface area contributed by atoms with Crippen molar-refractivity contribution in [1.82, 2.24) is 5.32 Å². The van der Waals surface area contributed by atoms with E-state index in [0.29, 0.717) is 19.0 Å². The molecule has 1 aliphatic heterocycles. The number of carbonyl (C=O) groups is 1. The van der Waals surface area contributed by atoms with Gasteiger partial charge in [0.2, 0.25) is 5.91 Å². The highest BCUT2D eigenvalue weighted by Crippen LogP contribution is 2.34. The molecule has 0 aliphatic carbocycles. The number of hydrogen-bond acceptors (Lipinski definition) is 6. The molecule has 0 aromatic heterocycles. The van der Waals surface area contributed by atoms with Crippen molar-refractivity contribution in [3.05, 3.63) is 58.1 Å². The minimum Gasteiger partial charge on any atom is -0.486 e. The van der Waals surface area contributed by atoms with Crippen molar-refractivity contribution in [2.45, 2.75) is 24.8 Å². The first-order valence-corrected chi connectivity index (χ1v) is 9.99. The summed E-state index contributed by atoms with van der Waals surface area (Å²) >= 11 is 1.34. The number of fused-ring (bicyclic) bond motifs is 1. The summed E-state index contributed by atoms with van der Waals surface area (Å²) in [6, 6.07) is 11.8. The first kappa shape index (κ1) is 20.0.